The highest BCUT2D eigenvalue weighted by Crippen LogP contribution is 2.69. The summed E-state index contributed by atoms with van der Waals surface area (Å²) in [6, 6.07) is 9.35. The number of carbonyl (C=O) groups is 2. The molecule has 32 heavy (non-hydrogen) atoms. The Morgan fingerprint density at radius 1 is 1.16 bits per heavy atom. The average Bonchev–Trinajstić information content (AvgIpc) is 2.71. The molecule has 4 aliphatic rings. The van der Waals surface area contributed by atoms with Gasteiger partial charge in [0.25, 0.3) is 5.91 Å². The Labute approximate surface area is 194 Å². The highest BCUT2D eigenvalue weighted by molar-refractivity contribution is 6.31. The molecule has 0 saturated heterocycles. The maximum Gasteiger partial charge on any atom is 0.265 e. The van der Waals surface area contributed by atoms with Crippen molar-refractivity contribution in [3.63, 3.8) is 0 Å². The molecule has 0 radical (unpaired) electrons. The first-order valence-electron chi connectivity index (χ1n) is 10.3. The van der Waals surface area contributed by atoms with E-state index in [1.807, 2.05) is 6.08 Å². The number of Topliss-reactive ketones (excluding diaryl/α,β-unsaturated/α-hetero) is 1. The van der Waals surface area contributed by atoms with Crippen molar-refractivity contribution in [2.75, 3.05) is 6.61 Å². The van der Waals surface area contributed by atoms with Gasteiger partial charge in [-0.3, -0.25) is 9.59 Å². The van der Waals surface area contributed by atoms with Crippen LogP contribution < -0.4 is 14.8 Å². The van der Waals surface area contributed by atoms with Crippen molar-refractivity contribution in [2.24, 2.45) is 5.41 Å². The molecule has 2 aromatic carbocycles. The molecule has 0 unspecified atom stereocenters. The van der Waals surface area contributed by atoms with Crippen LogP contribution in [0.1, 0.15) is 31.2 Å². The quantitative estimate of drug-likeness (QED) is 0.612. The summed E-state index contributed by atoms with van der Waals surface area (Å²) in [5.41, 5.74) is 0.508. The number of rotatable bonds is 7. The van der Waals surface area contributed by atoms with Gasteiger partial charge in [-0.2, -0.15) is 0 Å². The number of nitrogens with one attached hydrogen (secondary N) is 1. The lowest BCUT2D eigenvalue weighted by Gasteiger charge is -2.70. The molecular weight excluding hydrogens is 456 g/mol. The van der Waals surface area contributed by atoms with Crippen LogP contribution >= 0.6 is 23.2 Å². The molecule has 2 aromatic rings. The summed E-state index contributed by atoms with van der Waals surface area (Å²) in [5.74, 6) is 0.0735. The molecule has 166 valence electrons. The first-order chi connectivity index (χ1) is 15.2. The molecule has 3 saturated carbocycles. The number of hydrogen-bond donors (Lipinski definition) is 1. The van der Waals surface area contributed by atoms with Crippen molar-refractivity contribution in [3.8, 4) is 11.5 Å². The van der Waals surface area contributed by atoms with Gasteiger partial charge in [-0.05, 0) is 61.1 Å². The van der Waals surface area contributed by atoms with Crippen molar-refractivity contribution in [3.05, 3.63) is 63.9 Å². The SMILES string of the molecule is O=C(COc1ccc(Cl)c(F)c1)CC12CC(NC(=O)[C@@H]3C=Cc4cc(Cl)ccc4O3)(C1)C2. The molecule has 1 amide bonds. The number of ketones is 1. The van der Waals surface area contributed by atoms with E-state index in [-0.39, 0.29) is 40.0 Å². The van der Waals surface area contributed by atoms with Crippen LogP contribution in [0.25, 0.3) is 6.08 Å². The third-order valence-corrected chi connectivity index (χ3v) is 6.87. The molecular formula is C24H20Cl2FNO4. The van der Waals surface area contributed by atoms with E-state index in [2.05, 4.69) is 5.32 Å². The third kappa shape index (κ3) is 3.97. The molecule has 1 heterocycles. The minimum Gasteiger partial charge on any atom is -0.486 e. The molecule has 0 aromatic heterocycles. The van der Waals surface area contributed by atoms with Crippen LogP contribution in [0, 0.1) is 11.2 Å². The van der Waals surface area contributed by atoms with Crippen LogP contribution in [-0.2, 0) is 9.59 Å². The van der Waals surface area contributed by atoms with Gasteiger partial charge < -0.3 is 14.8 Å². The minimum atomic E-state index is -0.691. The lowest BCUT2D eigenvalue weighted by Crippen LogP contribution is -2.75. The van der Waals surface area contributed by atoms with Gasteiger partial charge in [0, 0.05) is 28.6 Å². The van der Waals surface area contributed by atoms with Gasteiger partial charge in [-0.1, -0.05) is 29.3 Å². The van der Waals surface area contributed by atoms with Crippen molar-refractivity contribution in [2.45, 2.75) is 37.3 Å². The number of amides is 1. The molecule has 1 N–H and O–H groups in total. The van der Waals surface area contributed by atoms with Crippen LogP contribution in [0.5, 0.6) is 11.5 Å². The number of fused-ring (bicyclic) bond motifs is 1. The predicted molar refractivity (Wildman–Crippen MR) is 119 cm³/mol. The van der Waals surface area contributed by atoms with Gasteiger partial charge in [0.1, 0.15) is 23.9 Å². The van der Waals surface area contributed by atoms with Crippen LogP contribution in [-0.4, -0.2) is 29.9 Å². The third-order valence-electron chi connectivity index (χ3n) is 6.33. The monoisotopic (exact) mass is 475 g/mol. The van der Waals surface area contributed by atoms with Gasteiger partial charge in [-0.25, -0.2) is 4.39 Å². The summed E-state index contributed by atoms with van der Waals surface area (Å²) in [6.45, 7) is -0.119. The van der Waals surface area contributed by atoms with E-state index in [0.29, 0.717) is 17.2 Å². The molecule has 8 heteroatoms. The summed E-state index contributed by atoms with van der Waals surface area (Å²) in [6.07, 6.45) is 5.53. The zero-order chi connectivity index (χ0) is 22.5. The van der Waals surface area contributed by atoms with Crippen molar-refractivity contribution < 1.29 is 23.5 Å². The Balaban J connectivity index is 1.09. The fraction of sp³-hybridized carbons (Fsp3) is 0.333. The fourth-order valence-electron chi connectivity index (χ4n) is 5.12. The topological polar surface area (TPSA) is 64.6 Å². The second-order valence-electron chi connectivity index (χ2n) is 8.96. The van der Waals surface area contributed by atoms with Crippen LogP contribution in [0.3, 0.4) is 0 Å². The van der Waals surface area contributed by atoms with Gasteiger partial charge >= 0.3 is 0 Å². The van der Waals surface area contributed by atoms with Gasteiger partial charge in [0.15, 0.2) is 11.9 Å². The Morgan fingerprint density at radius 3 is 2.69 bits per heavy atom. The summed E-state index contributed by atoms with van der Waals surface area (Å²) in [4.78, 5) is 25.1. The number of ether oxygens (including phenoxy) is 2. The summed E-state index contributed by atoms with van der Waals surface area (Å²) < 4.78 is 24.7. The maximum atomic E-state index is 13.5. The van der Waals surface area contributed by atoms with E-state index in [1.165, 1.54) is 12.1 Å². The smallest absolute Gasteiger partial charge is 0.265 e. The summed E-state index contributed by atoms with van der Waals surface area (Å²) in [5, 5.41) is 3.72. The number of carbonyl (C=O) groups excluding carboxylic acids is 2. The summed E-state index contributed by atoms with van der Waals surface area (Å²) >= 11 is 11.6. The van der Waals surface area contributed by atoms with Crippen LogP contribution in [0.15, 0.2) is 42.5 Å². The second-order valence-corrected chi connectivity index (χ2v) is 9.80. The number of hydrogen-bond acceptors (Lipinski definition) is 4. The second kappa shape index (κ2) is 7.78. The largest absolute Gasteiger partial charge is 0.486 e. The van der Waals surface area contributed by atoms with E-state index < -0.39 is 11.9 Å². The molecule has 1 aliphatic heterocycles. The molecule has 3 aliphatic carbocycles. The van der Waals surface area contributed by atoms with Gasteiger partial charge in [0.05, 0.1) is 5.02 Å². The van der Waals surface area contributed by atoms with Crippen molar-refractivity contribution in [1.82, 2.24) is 5.32 Å². The Hall–Kier alpha value is -2.57. The first kappa shape index (κ1) is 21.3. The van der Waals surface area contributed by atoms with E-state index in [9.17, 15) is 14.0 Å². The number of halogens is 3. The van der Waals surface area contributed by atoms with E-state index in [0.717, 1.165) is 30.9 Å². The minimum absolute atomic E-state index is 0.00705. The lowest BCUT2D eigenvalue weighted by atomic mass is 9.38. The predicted octanol–water partition coefficient (Wildman–Crippen LogP) is 4.98. The zero-order valence-electron chi connectivity index (χ0n) is 17.0. The van der Waals surface area contributed by atoms with Crippen LogP contribution in [0.2, 0.25) is 10.0 Å². The Kier molecular flexibility index (Phi) is 5.18. The normalized spacial score (nSPS) is 26.8. The zero-order valence-corrected chi connectivity index (χ0v) is 18.5. The van der Waals surface area contributed by atoms with Gasteiger partial charge in [-0.15, -0.1) is 0 Å². The Bertz CT molecular complexity index is 1130. The molecule has 1 atom stereocenters. The van der Waals surface area contributed by atoms with E-state index in [4.69, 9.17) is 32.7 Å². The van der Waals surface area contributed by atoms with Crippen molar-refractivity contribution in [1.29, 1.82) is 0 Å². The first-order valence-corrected chi connectivity index (χ1v) is 11.1. The van der Waals surface area contributed by atoms with Crippen LogP contribution in [0.4, 0.5) is 4.39 Å². The Morgan fingerprint density at radius 2 is 1.94 bits per heavy atom. The standard InChI is InChI=1S/C24H20Cl2FNO4/c25-15-2-6-20-14(7-15)1-5-21(32-20)22(30)28-24-11-23(12-24,13-24)9-16(29)10-31-17-3-4-18(26)19(27)8-17/h1-8,21H,9-13H2,(H,28,30)/t21-,23?,24?/m0/s1. The van der Waals surface area contributed by atoms with Crippen molar-refractivity contribution >= 4 is 41.0 Å². The van der Waals surface area contributed by atoms with E-state index in [1.54, 1.807) is 24.3 Å². The summed E-state index contributed by atoms with van der Waals surface area (Å²) in [7, 11) is 0. The molecule has 6 rings (SSSR count). The molecule has 3 fully saturated rings. The fourth-order valence-corrected chi connectivity index (χ4v) is 5.41. The van der Waals surface area contributed by atoms with E-state index >= 15 is 0 Å². The lowest BCUT2D eigenvalue weighted by molar-refractivity contribution is -0.174. The molecule has 2 bridgehead atoms. The van der Waals surface area contributed by atoms with Gasteiger partial charge in [0.2, 0.25) is 0 Å². The number of benzene rings is 2. The highest BCUT2D eigenvalue weighted by atomic mass is 35.5. The molecule has 5 nitrogen and oxygen atoms in total. The highest BCUT2D eigenvalue weighted by Gasteiger charge is 2.68. The molecule has 0 spiro atoms. The average molecular weight is 476 g/mol. The maximum absolute atomic E-state index is 13.5.